The molecule has 6 nitrogen and oxygen atoms in total. The Hall–Kier alpha value is -1.63. The van der Waals surface area contributed by atoms with Crippen molar-refractivity contribution in [2.45, 2.75) is 25.8 Å². The minimum Gasteiger partial charge on any atom is -0.250 e. The third kappa shape index (κ3) is 2.37. The van der Waals surface area contributed by atoms with Crippen LogP contribution in [0.3, 0.4) is 0 Å². The van der Waals surface area contributed by atoms with E-state index in [1.54, 1.807) is 18.3 Å². The predicted octanol–water partition coefficient (Wildman–Crippen LogP) is 0.711. The first kappa shape index (κ1) is 13.4. The SMILES string of the molecule is CS(=O)(=O)CC1(Cn2nc3ccccn3c2=O)CCC1. The molecule has 0 bridgehead atoms. The van der Waals surface area contributed by atoms with Crippen molar-refractivity contribution in [3.63, 3.8) is 0 Å². The first-order valence-corrected chi connectivity index (χ1v) is 8.67. The molecule has 1 aliphatic carbocycles. The van der Waals surface area contributed by atoms with Crippen molar-refractivity contribution in [2.75, 3.05) is 12.0 Å². The number of hydrogen-bond acceptors (Lipinski definition) is 4. The molecule has 1 saturated carbocycles. The summed E-state index contributed by atoms with van der Waals surface area (Å²) >= 11 is 0. The molecule has 0 saturated heterocycles. The van der Waals surface area contributed by atoms with Crippen molar-refractivity contribution in [3.8, 4) is 0 Å². The summed E-state index contributed by atoms with van der Waals surface area (Å²) in [6.45, 7) is 0.376. The van der Waals surface area contributed by atoms with Crippen molar-refractivity contribution in [2.24, 2.45) is 5.41 Å². The molecule has 0 aliphatic heterocycles. The summed E-state index contributed by atoms with van der Waals surface area (Å²) in [5, 5.41) is 4.28. The lowest BCUT2D eigenvalue weighted by molar-refractivity contribution is 0.128. The molecule has 0 aromatic carbocycles. The van der Waals surface area contributed by atoms with Gasteiger partial charge in [0.25, 0.3) is 0 Å². The fourth-order valence-corrected chi connectivity index (χ4v) is 4.46. The van der Waals surface area contributed by atoms with Gasteiger partial charge in [-0.2, -0.15) is 0 Å². The molecule has 108 valence electrons. The summed E-state index contributed by atoms with van der Waals surface area (Å²) in [7, 11) is -3.06. The average Bonchev–Trinajstić information content (AvgIpc) is 2.63. The van der Waals surface area contributed by atoms with Crippen molar-refractivity contribution in [1.29, 1.82) is 0 Å². The van der Waals surface area contributed by atoms with Gasteiger partial charge in [-0.3, -0.25) is 4.40 Å². The maximum atomic E-state index is 12.2. The largest absolute Gasteiger partial charge is 0.350 e. The van der Waals surface area contributed by atoms with E-state index in [9.17, 15) is 13.2 Å². The molecule has 20 heavy (non-hydrogen) atoms. The fraction of sp³-hybridized carbons (Fsp3) is 0.538. The Bertz CT molecular complexity index is 800. The Morgan fingerprint density at radius 1 is 1.35 bits per heavy atom. The number of pyridine rings is 1. The maximum Gasteiger partial charge on any atom is 0.350 e. The Morgan fingerprint density at radius 2 is 2.10 bits per heavy atom. The summed E-state index contributed by atoms with van der Waals surface area (Å²) in [6, 6.07) is 5.36. The predicted molar refractivity (Wildman–Crippen MR) is 75.4 cm³/mol. The third-order valence-electron chi connectivity index (χ3n) is 3.96. The smallest absolute Gasteiger partial charge is 0.250 e. The lowest BCUT2D eigenvalue weighted by Crippen LogP contribution is -2.42. The third-order valence-corrected chi connectivity index (χ3v) is 5.09. The molecule has 1 aliphatic rings. The zero-order chi connectivity index (χ0) is 14.4. The molecule has 2 heterocycles. The van der Waals surface area contributed by atoms with E-state index in [2.05, 4.69) is 5.10 Å². The second-order valence-electron chi connectivity index (χ2n) is 5.79. The highest BCUT2D eigenvalue weighted by Gasteiger charge is 2.41. The van der Waals surface area contributed by atoms with E-state index in [0.29, 0.717) is 12.2 Å². The van der Waals surface area contributed by atoms with Gasteiger partial charge >= 0.3 is 5.69 Å². The van der Waals surface area contributed by atoms with Gasteiger partial charge in [0, 0.05) is 17.9 Å². The molecule has 2 aromatic rings. The van der Waals surface area contributed by atoms with E-state index in [1.807, 2.05) is 6.07 Å². The first-order valence-electron chi connectivity index (χ1n) is 6.61. The molecular formula is C13H17N3O3S. The monoisotopic (exact) mass is 295 g/mol. The molecule has 0 atom stereocenters. The summed E-state index contributed by atoms with van der Waals surface area (Å²) in [5.74, 6) is 0.125. The van der Waals surface area contributed by atoms with Gasteiger partial charge in [-0.1, -0.05) is 12.5 Å². The van der Waals surface area contributed by atoms with E-state index in [4.69, 9.17) is 0 Å². The van der Waals surface area contributed by atoms with E-state index in [0.717, 1.165) is 19.3 Å². The molecular weight excluding hydrogens is 278 g/mol. The van der Waals surface area contributed by atoms with Crippen molar-refractivity contribution >= 4 is 15.5 Å². The molecule has 0 spiro atoms. The molecule has 0 amide bonds. The van der Waals surface area contributed by atoms with Gasteiger partial charge in [-0.25, -0.2) is 17.9 Å². The molecule has 0 N–H and O–H groups in total. The lowest BCUT2D eigenvalue weighted by atomic mass is 9.70. The highest BCUT2D eigenvalue weighted by Crippen LogP contribution is 2.43. The molecule has 3 rings (SSSR count). The highest BCUT2D eigenvalue weighted by molar-refractivity contribution is 7.90. The summed E-state index contributed by atoms with van der Waals surface area (Å²) in [6.07, 6.45) is 5.60. The standard InChI is InChI=1S/C13H17N3O3S/c1-20(18,19)10-13(6-4-7-13)9-16-12(17)15-8-3-2-5-11(15)14-16/h2-3,5,8H,4,6-7,9-10H2,1H3. The summed E-state index contributed by atoms with van der Waals surface area (Å²) < 4.78 is 26.0. The molecule has 0 radical (unpaired) electrons. The summed E-state index contributed by atoms with van der Waals surface area (Å²) in [5.41, 5.74) is 0.0571. The number of hydrogen-bond donors (Lipinski definition) is 0. The second-order valence-corrected chi connectivity index (χ2v) is 7.93. The van der Waals surface area contributed by atoms with Crippen molar-refractivity contribution in [1.82, 2.24) is 14.2 Å². The van der Waals surface area contributed by atoms with Gasteiger partial charge in [-0.05, 0) is 25.0 Å². The van der Waals surface area contributed by atoms with E-state index in [1.165, 1.54) is 15.3 Å². The maximum absolute atomic E-state index is 12.2. The van der Waals surface area contributed by atoms with Crippen molar-refractivity contribution in [3.05, 3.63) is 34.9 Å². The Balaban J connectivity index is 1.96. The zero-order valence-electron chi connectivity index (χ0n) is 11.3. The van der Waals surface area contributed by atoms with Gasteiger partial charge in [0.2, 0.25) is 0 Å². The minimum atomic E-state index is -3.06. The van der Waals surface area contributed by atoms with Gasteiger partial charge in [0.15, 0.2) is 5.65 Å². The van der Waals surface area contributed by atoms with Gasteiger partial charge < -0.3 is 0 Å². The number of aromatic nitrogens is 3. The number of fused-ring (bicyclic) bond motifs is 1. The van der Waals surface area contributed by atoms with Gasteiger partial charge in [-0.15, -0.1) is 5.10 Å². The topological polar surface area (TPSA) is 73.4 Å². The van der Waals surface area contributed by atoms with E-state index in [-0.39, 0.29) is 16.9 Å². The van der Waals surface area contributed by atoms with Crippen LogP contribution in [-0.2, 0) is 16.4 Å². The molecule has 0 unspecified atom stereocenters. The Kier molecular flexibility index (Phi) is 2.97. The normalized spacial score (nSPS) is 18.1. The van der Waals surface area contributed by atoms with E-state index >= 15 is 0 Å². The number of nitrogens with zero attached hydrogens (tertiary/aromatic N) is 3. The fourth-order valence-electron chi connectivity index (χ4n) is 2.97. The highest BCUT2D eigenvalue weighted by atomic mass is 32.2. The summed E-state index contributed by atoms with van der Waals surface area (Å²) in [4.78, 5) is 12.2. The van der Waals surface area contributed by atoms with Crippen LogP contribution in [0.15, 0.2) is 29.2 Å². The van der Waals surface area contributed by atoms with Crippen LogP contribution < -0.4 is 5.69 Å². The quantitative estimate of drug-likeness (QED) is 0.832. The van der Waals surface area contributed by atoms with Crippen LogP contribution >= 0.6 is 0 Å². The van der Waals surface area contributed by atoms with Crippen LogP contribution in [0, 0.1) is 5.41 Å². The second kappa shape index (κ2) is 4.44. The Labute approximate surface area is 117 Å². The lowest BCUT2D eigenvalue weighted by Gasteiger charge is -2.40. The minimum absolute atomic E-state index is 0.125. The molecule has 7 heteroatoms. The van der Waals surface area contributed by atoms with Crippen LogP contribution in [0.4, 0.5) is 0 Å². The van der Waals surface area contributed by atoms with Crippen LogP contribution in [0.5, 0.6) is 0 Å². The number of sulfone groups is 1. The first-order chi connectivity index (χ1) is 9.39. The molecule has 1 fully saturated rings. The van der Waals surface area contributed by atoms with Gasteiger partial charge in [0.05, 0.1) is 12.3 Å². The van der Waals surface area contributed by atoms with Crippen LogP contribution in [0.2, 0.25) is 0 Å². The van der Waals surface area contributed by atoms with Crippen molar-refractivity contribution < 1.29 is 8.42 Å². The average molecular weight is 295 g/mol. The van der Waals surface area contributed by atoms with E-state index < -0.39 is 9.84 Å². The molecule has 2 aromatic heterocycles. The zero-order valence-corrected chi connectivity index (χ0v) is 12.1. The number of rotatable bonds is 4. The van der Waals surface area contributed by atoms with Crippen LogP contribution in [0.1, 0.15) is 19.3 Å². The van der Waals surface area contributed by atoms with Gasteiger partial charge in [0.1, 0.15) is 9.84 Å². The van der Waals surface area contributed by atoms with Crippen LogP contribution in [0.25, 0.3) is 5.65 Å². The van der Waals surface area contributed by atoms with Crippen LogP contribution in [-0.4, -0.2) is 34.6 Å². The Morgan fingerprint density at radius 3 is 2.65 bits per heavy atom.